The number of esters is 1. The molecular formula is C29H47NO8. The van der Waals surface area contributed by atoms with Gasteiger partial charge in [-0.3, -0.25) is 9.59 Å². The number of ether oxygens (including phenoxy) is 2. The summed E-state index contributed by atoms with van der Waals surface area (Å²) < 4.78 is 11.1. The van der Waals surface area contributed by atoms with Crippen molar-refractivity contribution < 1.29 is 39.2 Å². The van der Waals surface area contributed by atoms with Gasteiger partial charge >= 0.3 is 18.0 Å². The van der Waals surface area contributed by atoms with E-state index in [1.165, 1.54) is 0 Å². The first-order valence-corrected chi connectivity index (χ1v) is 13.5. The van der Waals surface area contributed by atoms with E-state index in [0.717, 1.165) is 18.4 Å². The summed E-state index contributed by atoms with van der Waals surface area (Å²) in [5, 5.41) is 30.6. The Morgan fingerprint density at radius 2 is 2.03 bits per heavy atom. The van der Waals surface area contributed by atoms with Gasteiger partial charge in [0.05, 0.1) is 31.2 Å². The number of aliphatic hydroxyl groups is 2. The first-order chi connectivity index (χ1) is 17.8. The molecule has 0 aromatic heterocycles. The number of carboxylic acid groups (broad SMARTS) is 1. The molecule has 1 rings (SSSR count). The number of carboxylic acids is 1. The number of aliphatic hydroxyl groups excluding tert-OH is 1. The molecule has 0 aliphatic carbocycles. The highest BCUT2D eigenvalue weighted by molar-refractivity contribution is 5.70. The molecule has 0 saturated carbocycles. The molecule has 9 nitrogen and oxygen atoms in total. The van der Waals surface area contributed by atoms with Crippen LogP contribution >= 0.6 is 0 Å². The minimum atomic E-state index is -1.35. The largest absolute Gasteiger partial charge is 0.481 e. The van der Waals surface area contributed by atoms with Crippen LogP contribution in [-0.4, -0.2) is 76.3 Å². The molecule has 9 heteroatoms. The molecule has 1 unspecified atom stereocenters. The molecule has 0 spiro atoms. The summed E-state index contributed by atoms with van der Waals surface area (Å²) in [6, 6.07) is 0. The van der Waals surface area contributed by atoms with Crippen molar-refractivity contribution in [2.75, 3.05) is 20.2 Å². The highest BCUT2D eigenvalue weighted by atomic mass is 16.6. The van der Waals surface area contributed by atoms with Crippen molar-refractivity contribution in [3.8, 4) is 0 Å². The van der Waals surface area contributed by atoms with Gasteiger partial charge in [-0.05, 0) is 38.7 Å². The fourth-order valence-electron chi connectivity index (χ4n) is 4.18. The number of hydrogen-bond acceptors (Lipinski definition) is 7. The number of allylic oxidation sites excluding steroid dienone is 2. The maximum atomic E-state index is 12.5. The van der Waals surface area contributed by atoms with Crippen LogP contribution in [0.2, 0.25) is 0 Å². The number of carbonyl (C=O) groups is 3. The van der Waals surface area contributed by atoms with E-state index in [0.29, 0.717) is 6.54 Å². The van der Waals surface area contributed by atoms with Gasteiger partial charge in [0.1, 0.15) is 6.10 Å². The van der Waals surface area contributed by atoms with Gasteiger partial charge in [0.15, 0.2) is 0 Å². The van der Waals surface area contributed by atoms with Crippen LogP contribution in [-0.2, 0) is 19.1 Å². The van der Waals surface area contributed by atoms with E-state index in [9.17, 15) is 29.7 Å². The second kappa shape index (κ2) is 16.3. The molecule has 6 atom stereocenters. The van der Waals surface area contributed by atoms with Gasteiger partial charge in [-0.2, -0.15) is 0 Å². The van der Waals surface area contributed by atoms with Gasteiger partial charge in [-0.1, -0.05) is 57.6 Å². The second-order valence-electron chi connectivity index (χ2n) is 10.7. The molecule has 3 N–H and O–H groups in total. The Bertz CT molecular complexity index is 863. The number of aliphatic carboxylic acids is 1. The predicted molar refractivity (Wildman–Crippen MR) is 145 cm³/mol. The maximum Gasteiger partial charge on any atom is 0.409 e. The standard InChI is InChI=1S/C29H47NO8/c1-7-8-16-30(6)28(35)37-19-20(2)10-9-11-21(3)27-22(4)12-13-23(17-25(32)33)29(5,36)15-14-24(31)18-26(34)38-27/h9-13,20,22-24,27,31,36H,7-8,14-19H2,1-6H3,(H,32,33)/b10-9+,13-12+,21-11+/t20?,22-,23+,24-,27+,29-/m0/s1. The van der Waals surface area contributed by atoms with Crippen LogP contribution in [0.1, 0.15) is 73.1 Å². The Morgan fingerprint density at radius 1 is 1.34 bits per heavy atom. The molecule has 0 aromatic carbocycles. The minimum absolute atomic E-state index is 0.0343. The van der Waals surface area contributed by atoms with Crippen molar-refractivity contribution in [3.63, 3.8) is 0 Å². The van der Waals surface area contributed by atoms with Gasteiger partial charge in [0.25, 0.3) is 0 Å². The minimum Gasteiger partial charge on any atom is -0.481 e. The number of hydrogen-bond donors (Lipinski definition) is 3. The predicted octanol–water partition coefficient (Wildman–Crippen LogP) is 4.48. The van der Waals surface area contributed by atoms with Crippen LogP contribution in [0.3, 0.4) is 0 Å². The third kappa shape index (κ3) is 12.3. The van der Waals surface area contributed by atoms with Crippen LogP contribution in [0.15, 0.2) is 36.0 Å². The molecule has 1 aliphatic rings. The highest BCUT2D eigenvalue weighted by Crippen LogP contribution is 2.30. The summed E-state index contributed by atoms with van der Waals surface area (Å²) in [6.45, 7) is 10.1. The third-order valence-corrected chi connectivity index (χ3v) is 6.84. The van der Waals surface area contributed by atoms with Crippen LogP contribution in [0, 0.1) is 17.8 Å². The van der Waals surface area contributed by atoms with E-state index < -0.39 is 35.7 Å². The SMILES string of the molecule is CCCCN(C)C(=O)OCC(C)/C=C/C=C(\C)[C@H]1OC(=O)C[C@@H](O)CC[C@](C)(O)[C@@H](CC(=O)O)/C=C/[C@@H]1C. The number of nitrogens with zero attached hydrogens (tertiary/aromatic N) is 1. The van der Waals surface area contributed by atoms with Crippen LogP contribution < -0.4 is 0 Å². The fraction of sp³-hybridized carbons (Fsp3) is 0.690. The van der Waals surface area contributed by atoms with Gasteiger partial charge in [0, 0.05) is 31.3 Å². The zero-order valence-electron chi connectivity index (χ0n) is 23.8. The molecule has 0 fully saturated rings. The number of unbranched alkanes of at least 4 members (excludes halogenated alkanes) is 1. The molecule has 0 radical (unpaired) electrons. The zero-order chi connectivity index (χ0) is 28.9. The van der Waals surface area contributed by atoms with E-state index in [2.05, 4.69) is 6.92 Å². The van der Waals surface area contributed by atoms with Crippen molar-refractivity contribution in [2.24, 2.45) is 17.8 Å². The van der Waals surface area contributed by atoms with Crippen LogP contribution in [0.5, 0.6) is 0 Å². The maximum absolute atomic E-state index is 12.5. The summed E-state index contributed by atoms with van der Waals surface area (Å²) in [5.41, 5.74) is -0.602. The topological polar surface area (TPSA) is 134 Å². The molecule has 216 valence electrons. The average molecular weight is 538 g/mol. The Morgan fingerprint density at radius 3 is 2.66 bits per heavy atom. The molecule has 1 aliphatic heterocycles. The number of amides is 1. The summed E-state index contributed by atoms with van der Waals surface area (Å²) >= 11 is 0. The van der Waals surface area contributed by atoms with Crippen molar-refractivity contribution in [3.05, 3.63) is 36.0 Å². The lowest BCUT2D eigenvalue weighted by Gasteiger charge is -2.32. The summed E-state index contributed by atoms with van der Waals surface area (Å²) in [7, 11) is 1.72. The number of rotatable bonds is 10. The highest BCUT2D eigenvalue weighted by Gasteiger charge is 2.34. The van der Waals surface area contributed by atoms with E-state index in [-0.39, 0.29) is 50.2 Å². The lowest BCUT2D eigenvalue weighted by molar-refractivity contribution is -0.151. The molecule has 0 bridgehead atoms. The summed E-state index contributed by atoms with van der Waals surface area (Å²) in [4.78, 5) is 37.6. The van der Waals surface area contributed by atoms with Crippen molar-refractivity contribution in [1.29, 1.82) is 0 Å². The quantitative estimate of drug-likeness (QED) is 0.211. The van der Waals surface area contributed by atoms with Crippen molar-refractivity contribution in [2.45, 2.75) is 91.0 Å². The molecule has 0 aromatic rings. The Labute approximate surface area is 227 Å². The van der Waals surface area contributed by atoms with Crippen LogP contribution in [0.4, 0.5) is 4.79 Å². The van der Waals surface area contributed by atoms with E-state index in [1.54, 1.807) is 31.0 Å². The lowest BCUT2D eigenvalue weighted by Crippen LogP contribution is -2.37. The Balaban J connectivity index is 2.99. The van der Waals surface area contributed by atoms with Crippen LogP contribution in [0.25, 0.3) is 0 Å². The van der Waals surface area contributed by atoms with Gasteiger partial charge < -0.3 is 29.7 Å². The molecular weight excluding hydrogens is 490 g/mol. The van der Waals surface area contributed by atoms with Gasteiger partial charge in [-0.25, -0.2) is 4.79 Å². The third-order valence-electron chi connectivity index (χ3n) is 6.84. The smallest absolute Gasteiger partial charge is 0.409 e. The molecule has 1 amide bonds. The monoisotopic (exact) mass is 537 g/mol. The summed E-state index contributed by atoms with van der Waals surface area (Å²) in [5.74, 6) is -2.59. The van der Waals surface area contributed by atoms with E-state index >= 15 is 0 Å². The molecule has 1 heterocycles. The first-order valence-electron chi connectivity index (χ1n) is 13.5. The first kappa shape index (κ1) is 33.4. The normalized spacial score (nSPS) is 29.1. The van der Waals surface area contributed by atoms with E-state index in [1.807, 2.05) is 39.0 Å². The lowest BCUT2D eigenvalue weighted by atomic mass is 9.80. The number of cyclic esters (lactones) is 1. The van der Waals surface area contributed by atoms with Gasteiger partial charge in [0.2, 0.25) is 0 Å². The van der Waals surface area contributed by atoms with E-state index in [4.69, 9.17) is 9.47 Å². The zero-order valence-corrected chi connectivity index (χ0v) is 23.8. The Kier molecular flexibility index (Phi) is 14.4. The van der Waals surface area contributed by atoms with Gasteiger partial charge in [-0.15, -0.1) is 0 Å². The Hall–Kier alpha value is -2.65. The molecule has 0 saturated heterocycles. The summed E-state index contributed by atoms with van der Waals surface area (Å²) in [6.07, 6.45) is 8.70. The number of carbonyl (C=O) groups excluding carboxylic acids is 2. The fourth-order valence-corrected chi connectivity index (χ4v) is 4.18. The molecule has 38 heavy (non-hydrogen) atoms. The van der Waals surface area contributed by atoms with Crippen molar-refractivity contribution >= 4 is 18.0 Å². The van der Waals surface area contributed by atoms with Crippen molar-refractivity contribution in [1.82, 2.24) is 4.90 Å². The second-order valence-corrected chi connectivity index (χ2v) is 10.7. The average Bonchev–Trinajstić information content (AvgIpc) is 2.84.